The van der Waals surface area contributed by atoms with Crippen LogP contribution < -0.4 is 0 Å². The number of allylic oxidation sites excluding steroid dienone is 2. The zero-order valence-electron chi connectivity index (χ0n) is 7.95. The third-order valence-electron chi connectivity index (χ3n) is 2.01. The van der Waals surface area contributed by atoms with Gasteiger partial charge in [-0.15, -0.1) is 0 Å². The fourth-order valence-electron chi connectivity index (χ4n) is 1.02. The summed E-state index contributed by atoms with van der Waals surface area (Å²) in [6, 6.07) is 0. The van der Waals surface area contributed by atoms with Gasteiger partial charge >= 0.3 is 0 Å². The lowest BCUT2D eigenvalue weighted by Gasteiger charge is -2.05. The highest BCUT2D eigenvalue weighted by molar-refractivity contribution is 5.24. The van der Waals surface area contributed by atoms with Crippen LogP contribution in [0.5, 0.6) is 0 Å². The molecule has 0 aliphatic heterocycles. The van der Waals surface area contributed by atoms with Crippen LogP contribution in [0.4, 0.5) is 0 Å². The van der Waals surface area contributed by atoms with Crippen LogP contribution in [0.2, 0.25) is 0 Å². The average molecular weight is 152 g/mol. The van der Waals surface area contributed by atoms with Crippen molar-refractivity contribution in [3.63, 3.8) is 0 Å². The Hall–Kier alpha value is -0.520. The molecule has 0 aliphatic rings. The van der Waals surface area contributed by atoms with Crippen LogP contribution in [0.15, 0.2) is 24.3 Å². The van der Waals surface area contributed by atoms with Crippen molar-refractivity contribution < 1.29 is 0 Å². The van der Waals surface area contributed by atoms with E-state index in [4.69, 9.17) is 0 Å². The SMILES string of the molecule is C=C(CC)C(=C)CCCCC. The lowest BCUT2D eigenvalue weighted by molar-refractivity contribution is 0.714. The van der Waals surface area contributed by atoms with Crippen molar-refractivity contribution >= 4 is 0 Å². The van der Waals surface area contributed by atoms with Crippen LogP contribution in [-0.4, -0.2) is 0 Å². The molecular formula is C11H20. The molecule has 0 radical (unpaired) electrons. The molecule has 0 spiro atoms. The van der Waals surface area contributed by atoms with Crippen LogP contribution in [0.1, 0.15) is 46.0 Å². The Labute approximate surface area is 71.0 Å². The number of hydrogen-bond donors (Lipinski definition) is 0. The van der Waals surface area contributed by atoms with Gasteiger partial charge in [0, 0.05) is 0 Å². The Kier molecular flexibility index (Phi) is 5.91. The lowest BCUT2D eigenvalue weighted by Crippen LogP contribution is -1.85. The molecule has 0 fully saturated rings. The van der Waals surface area contributed by atoms with Gasteiger partial charge < -0.3 is 0 Å². The molecule has 0 rings (SSSR count). The second-order valence-corrected chi connectivity index (χ2v) is 3.02. The molecule has 0 saturated heterocycles. The van der Waals surface area contributed by atoms with E-state index in [0.29, 0.717) is 0 Å². The molecule has 0 aromatic carbocycles. The summed E-state index contributed by atoms with van der Waals surface area (Å²) in [4.78, 5) is 0. The van der Waals surface area contributed by atoms with Crippen LogP contribution in [0.25, 0.3) is 0 Å². The van der Waals surface area contributed by atoms with Gasteiger partial charge in [-0.3, -0.25) is 0 Å². The van der Waals surface area contributed by atoms with Crippen LogP contribution in [0, 0.1) is 0 Å². The Morgan fingerprint density at radius 3 is 2.09 bits per heavy atom. The van der Waals surface area contributed by atoms with Gasteiger partial charge in [-0.2, -0.15) is 0 Å². The quantitative estimate of drug-likeness (QED) is 0.397. The molecular weight excluding hydrogens is 132 g/mol. The number of rotatable bonds is 6. The first-order chi connectivity index (χ1) is 5.22. The van der Waals surface area contributed by atoms with Gasteiger partial charge in [-0.25, -0.2) is 0 Å². The van der Waals surface area contributed by atoms with Gasteiger partial charge in [-0.1, -0.05) is 51.0 Å². The normalized spacial score (nSPS) is 9.64. The van der Waals surface area contributed by atoms with Gasteiger partial charge in [0.2, 0.25) is 0 Å². The van der Waals surface area contributed by atoms with Crippen molar-refractivity contribution in [1.82, 2.24) is 0 Å². The van der Waals surface area contributed by atoms with E-state index in [2.05, 4.69) is 27.0 Å². The first-order valence-electron chi connectivity index (χ1n) is 4.58. The van der Waals surface area contributed by atoms with Crippen LogP contribution in [-0.2, 0) is 0 Å². The largest absolute Gasteiger partial charge is 0.0956 e. The van der Waals surface area contributed by atoms with Crippen molar-refractivity contribution in [1.29, 1.82) is 0 Å². The Morgan fingerprint density at radius 2 is 1.64 bits per heavy atom. The molecule has 0 heterocycles. The molecule has 0 amide bonds. The first-order valence-corrected chi connectivity index (χ1v) is 4.58. The summed E-state index contributed by atoms with van der Waals surface area (Å²) >= 11 is 0. The van der Waals surface area contributed by atoms with E-state index in [1.807, 2.05) is 0 Å². The summed E-state index contributed by atoms with van der Waals surface area (Å²) < 4.78 is 0. The molecule has 64 valence electrons. The molecule has 0 saturated carbocycles. The van der Waals surface area contributed by atoms with E-state index in [9.17, 15) is 0 Å². The summed E-state index contributed by atoms with van der Waals surface area (Å²) in [7, 11) is 0. The number of hydrogen-bond acceptors (Lipinski definition) is 0. The van der Waals surface area contributed by atoms with Crippen molar-refractivity contribution in [2.45, 2.75) is 46.0 Å². The minimum atomic E-state index is 1.05. The molecule has 0 aliphatic carbocycles. The highest BCUT2D eigenvalue weighted by Gasteiger charge is 1.96. The second-order valence-electron chi connectivity index (χ2n) is 3.02. The van der Waals surface area contributed by atoms with Crippen molar-refractivity contribution in [3.05, 3.63) is 24.3 Å². The maximum atomic E-state index is 4.00. The Bertz CT molecular complexity index is 131. The van der Waals surface area contributed by atoms with Crippen molar-refractivity contribution in [3.8, 4) is 0 Å². The standard InChI is InChI=1S/C11H20/c1-5-7-8-9-11(4)10(3)6-2/h3-9H2,1-2H3. The topological polar surface area (TPSA) is 0 Å². The van der Waals surface area contributed by atoms with Crippen molar-refractivity contribution in [2.24, 2.45) is 0 Å². The summed E-state index contributed by atoms with van der Waals surface area (Å²) in [5.74, 6) is 0. The predicted octanol–water partition coefficient (Wildman–Crippen LogP) is 4.09. The Morgan fingerprint density at radius 1 is 1.00 bits per heavy atom. The van der Waals surface area contributed by atoms with Gasteiger partial charge in [0.1, 0.15) is 0 Å². The van der Waals surface area contributed by atoms with E-state index >= 15 is 0 Å². The van der Waals surface area contributed by atoms with E-state index in [1.165, 1.54) is 30.4 Å². The molecule has 0 unspecified atom stereocenters. The van der Waals surface area contributed by atoms with E-state index in [0.717, 1.165) is 12.8 Å². The number of unbranched alkanes of at least 4 members (excludes halogenated alkanes) is 2. The molecule has 0 N–H and O–H groups in total. The summed E-state index contributed by atoms with van der Waals surface area (Å²) in [6.45, 7) is 12.3. The van der Waals surface area contributed by atoms with Crippen LogP contribution >= 0.6 is 0 Å². The van der Waals surface area contributed by atoms with Gasteiger partial charge in [-0.05, 0) is 19.3 Å². The predicted molar refractivity (Wildman–Crippen MR) is 52.7 cm³/mol. The fourth-order valence-corrected chi connectivity index (χ4v) is 1.02. The average Bonchev–Trinajstić information content (AvgIpc) is 2.03. The third kappa shape index (κ3) is 4.83. The fraction of sp³-hybridized carbons (Fsp3) is 0.636. The molecule has 0 heteroatoms. The second kappa shape index (κ2) is 6.21. The van der Waals surface area contributed by atoms with E-state index in [-0.39, 0.29) is 0 Å². The third-order valence-corrected chi connectivity index (χ3v) is 2.01. The molecule has 0 bridgehead atoms. The Balaban J connectivity index is 3.44. The maximum absolute atomic E-state index is 4.00. The van der Waals surface area contributed by atoms with Gasteiger partial charge in [0.15, 0.2) is 0 Å². The van der Waals surface area contributed by atoms with Gasteiger partial charge in [0.05, 0.1) is 0 Å². The monoisotopic (exact) mass is 152 g/mol. The molecule has 0 aromatic heterocycles. The summed E-state index contributed by atoms with van der Waals surface area (Å²) in [5.41, 5.74) is 2.47. The highest BCUT2D eigenvalue weighted by atomic mass is 14.0. The highest BCUT2D eigenvalue weighted by Crippen LogP contribution is 2.16. The minimum absolute atomic E-state index is 1.05. The van der Waals surface area contributed by atoms with Crippen LogP contribution in [0.3, 0.4) is 0 Å². The summed E-state index contributed by atoms with van der Waals surface area (Å²) in [6.07, 6.45) is 6.06. The molecule has 0 atom stereocenters. The first kappa shape index (κ1) is 10.5. The lowest BCUT2D eigenvalue weighted by atomic mass is 10.0. The zero-order valence-corrected chi connectivity index (χ0v) is 7.95. The minimum Gasteiger partial charge on any atom is -0.0956 e. The van der Waals surface area contributed by atoms with E-state index in [1.54, 1.807) is 0 Å². The van der Waals surface area contributed by atoms with E-state index < -0.39 is 0 Å². The molecule has 0 aromatic rings. The molecule has 11 heavy (non-hydrogen) atoms. The summed E-state index contributed by atoms with van der Waals surface area (Å²) in [5, 5.41) is 0. The maximum Gasteiger partial charge on any atom is -0.0282 e. The van der Waals surface area contributed by atoms with Crippen molar-refractivity contribution in [2.75, 3.05) is 0 Å². The molecule has 0 nitrogen and oxygen atoms in total. The van der Waals surface area contributed by atoms with Gasteiger partial charge in [0.25, 0.3) is 0 Å². The smallest absolute Gasteiger partial charge is 0.0282 e. The zero-order chi connectivity index (χ0) is 8.69.